The Hall–Kier alpha value is -2.34. The van der Waals surface area contributed by atoms with Crippen molar-refractivity contribution in [3.8, 4) is 5.75 Å². The molecule has 0 aliphatic heterocycles. The van der Waals surface area contributed by atoms with Gasteiger partial charge in [0.1, 0.15) is 11.4 Å². The van der Waals surface area contributed by atoms with Crippen LogP contribution in [-0.2, 0) is 12.0 Å². The lowest BCUT2D eigenvalue weighted by molar-refractivity contribution is 0.0988. The average Bonchev–Trinajstić information content (AvgIpc) is 2.75. The quantitative estimate of drug-likeness (QED) is 0.265. The molecule has 0 saturated heterocycles. The van der Waals surface area contributed by atoms with Crippen LogP contribution in [0.5, 0.6) is 5.75 Å². The molecule has 3 rings (SSSR count). The van der Waals surface area contributed by atoms with Gasteiger partial charge in [-0.2, -0.15) is 12.6 Å². The molecule has 6 heteroatoms. The lowest BCUT2D eigenvalue weighted by Gasteiger charge is -2.42. The number of hydrogen-bond acceptors (Lipinski definition) is 5. The maximum Gasteiger partial charge on any atom is 0.185 e. The van der Waals surface area contributed by atoms with Crippen molar-refractivity contribution in [3.05, 3.63) is 58.9 Å². The minimum Gasteiger partial charge on any atom is -0.489 e. The molecular weight excluding hydrogens is 406 g/mol. The maximum atomic E-state index is 12.9. The molecule has 1 fully saturated rings. The van der Waals surface area contributed by atoms with Crippen molar-refractivity contribution < 1.29 is 9.53 Å². The number of benzene rings is 1. The fourth-order valence-electron chi connectivity index (χ4n) is 4.61. The normalized spacial score (nSPS) is 21.5. The Morgan fingerprint density at radius 1 is 1.35 bits per heavy atom. The molecule has 166 valence electrons. The molecule has 2 N–H and O–H groups in total. The molecule has 0 spiro atoms. The van der Waals surface area contributed by atoms with Crippen molar-refractivity contribution in [2.45, 2.75) is 64.5 Å². The third-order valence-corrected chi connectivity index (χ3v) is 6.53. The van der Waals surface area contributed by atoms with Crippen molar-refractivity contribution >= 4 is 24.8 Å². The zero-order valence-corrected chi connectivity index (χ0v) is 19.6. The second-order valence-corrected chi connectivity index (χ2v) is 8.99. The number of thiol groups is 1. The number of ketones is 1. The van der Waals surface area contributed by atoms with E-state index in [2.05, 4.69) is 36.7 Å². The Kier molecular flexibility index (Phi) is 7.76. The number of carbonyl (C=O) groups is 1. The number of ether oxygens (including phenoxy) is 1. The number of nitrogens with zero attached hydrogens (tertiary/aromatic N) is 2. The third-order valence-electron chi connectivity index (χ3n) is 6.09. The number of pyridine rings is 1. The first kappa shape index (κ1) is 23.3. The molecule has 0 amide bonds. The molecule has 1 aromatic heterocycles. The summed E-state index contributed by atoms with van der Waals surface area (Å²) in [5, 5.41) is 0. The molecule has 0 bridgehead atoms. The summed E-state index contributed by atoms with van der Waals surface area (Å²) in [6.07, 6.45) is 7.73. The van der Waals surface area contributed by atoms with E-state index in [0.29, 0.717) is 23.8 Å². The van der Waals surface area contributed by atoms with Crippen LogP contribution in [0.3, 0.4) is 0 Å². The van der Waals surface area contributed by atoms with Crippen LogP contribution in [0.15, 0.2) is 41.5 Å². The van der Waals surface area contributed by atoms with E-state index in [1.54, 1.807) is 18.3 Å². The summed E-state index contributed by atoms with van der Waals surface area (Å²) in [6.45, 7) is 6.02. The van der Waals surface area contributed by atoms with Gasteiger partial charge in [0.05, 0.1) is 24.2 Å². The van der Waals surface area contributed by atoms with Gasteiger partial charge in [-0.25, -0.2) is 4.98 Å². The van der Waals surface area contributed by atoms with Crippen LogP contribution in [0, 0.1) is 12.8 Å². The maximum absolute atomic E-state index is 12.9. The van der Waals surface area contributed by atoms with Crippen LogP contribution in [0.4, 0.5) is 0 Å². The van der Waals surface area contributed by atoms with E-state index in [-0.39, 0.29) is 17.4 Å². The first-order valence-corrected chi connectivity index (χ1v) is 11.6. The Labute approximate surface area is 190 Å². The van der Waals surface area contributed by atoms with E-state index in [9.17, 15) is 4.79 Å². The average molecular weight is 440 g/mol. The van der Waals surface area contributed by atoms with E-state index in [1.807, 2.05) is 19.9 Å². The van der Waals surface area contributed by atoms with E-state index in [1.165, 1.54) is 18.3 Å². The van der Waals surface area contributed by atoms with Gasteiger partial charge in [0, 0.05) is 6.42 Å². The molecule has 2 atom stereocenters. The summed E-state index contributed by atoms with van der Waals surface area (Å²) in [7, 11) is 0. The first-order valence-electron chi connectivity index (χ1n) is 11.0. The summed E-state index contributed by atoms with van der Waals surface area (Å²) in [4.78, 5) is 22.0. The fourth-order valence-corrected chi connectivity index (χ4v) is 5.09. The topological polar surface area (TPSA) is 77.6 Å². The van der Waals surface area contributed by atoms with E-state index in [0.717, 1.165) is 36.1 Å². The second-order valence-electron chi connectivity index (χ2n) is 8.62. The van der Waals surface area contributed by atoms with Gasteiger partial charge >= 0.3 is 0 Å². The number of carbonyl (C=O) groups excluding carboxylic acids is 1. The molecule has 0 radical (unpaired) electrons. The third kappa shape index (κ3) is 5.29. The smallest absolute Gasteiger partial charge is 0.185 e. The van der Waals surface area contributed by atoms with Gasteiger partial charge in [-0.1, -0.05) is 31.0 Å². The van der Waals surface area contributed by atoms with Crippen molar-refractivity contribution in [1.82, 2.24) is 4.98 Å². The molecule has 1 aromatic carbocycles. The van der Waals surface area contributed by atoms with Gasteiger partial charge in [-0.15, -0.1) is 0 Å². The lowest BCUT2D eigenvalue weighted by atomic mass is 9.68. The van der Waals surface area contributed by atoms with Gasteiger partial charge in [0.25, 0.3) is 0 Å². The van der Waals surface area contributed by atoms with Gasteiger partial charge in [0.2, 0.25) is 0 Å². The fraction of sp³-hybridized carbons (Fsp3) is 0.480. The number of aryl methyl sites for hydroxylation is 1. The highest BCUT2D eigenvalue weighted by Gasteiger charge is 2.42. The Morgan fingerprint density at radius 2 is 2.16 bits per heavy atom. The van der Waals surface area contributed by atoms with Crippen LogP contribution in [0.2, 0.25) is 0 Å². The zero-order valence-electron chi connectivity index (χ0n) is 18.7. The Balaban J connectivity index is 1.87. The summed E-state index contributed by atoms with van der Waals surface area (Å²) in [5.74, 6) is 1.73. The number of Topliss-reactive ketones (excluding diaryl/α,β-unsaturated/α-hetero) is 1. The number of hydrogen-bond donors (Lipinski definition) is 2. The molecular formula is C25H33N3O2S. The monoisotopic (exact) mass is 439 g/mol. The van der Waals surface area contributed by atoms with Crippen LogP contribution in [-0.4, -0.2) is 29.0 Å². The van der Waals surface area contributed by atoms with E-state index in [4.69, 9.17) is 15.5 Å². The summed E-state index contributed by atoms with van der Waals surface area (Å²) < 4.78 is 5.61. The van der Waals surface area contributed by atoms with Crippen LogP contribution >= 0.6 is 12.6 Å². The number of rotatable bonds is 8. The van der Waals surface area contributed by atoms with Crippen LogP contribution in [0.25, 0.3) is 0 Å². The first-order chi connectivity index (χ1) is 14.9. The van der Waals surface area contributed by atoms with Gasteiger partial charge in [-0.3, -0.25) is 9.79 Å². The number of aliphatic imine (C=N–C) groups is 1. The molecule has 1 aliphatic rings. The molecule has 2 aromatic rings. The molecule has 1 saturated carbocycles. The number of aromatic nitrogens is 1. The SMILES string of the molecule is Cc1ccc(CC(=O)c2ccc(OC(C)C)cn2)cc1[C@]1(N=CN)CCCC[C@H]1CS. The van der Waals surface area contributed by atoms with E-state index < -0.39 is 0 Å². The second kappa shape index (κ2) is 10.3. The lowest BCUT2D eigenvalue weighted by Crippen LogP contribution is -2.39. The van der Waals surface area contributed by atoms with Crippen molar-refractivity contribution in [3.63, 3.8) is 0 Å². The largest absolute Gasteiger partial charge is 0.489 e. The van der Waals surface area contributed by atoms with Crippen LogP contribution in [0.1, 0.15) is 66.7 Å². The predicted molar refractivity (Wildman–Crippen MR) is 129 cm³/mol. The molecule has 1 heterocycles. The highest BCUT2D eigenvalue weighted by molar-refractivity contribution is 7.80. The minimum atomic E-state index is -0.369. The Morgan fingerprint density at radius 3 is 2.81 bits per heavy atom. The standard InChI is InChI=1S/C25H33N3O2S/c1-17(2)30-21-9-10-23(27-14-21)24(29)13-19-8-7-18(3)22(12-19)25(28-16-26)11-5-4-6-20(25)15-31/h7-10,12,14,16-17,20,31H,4-6,11,13,15H2,1-3H3,(H2,26,28)/t20-,25-/m0/s1. The van der Waals surface area contributed by atoms with Crippen molar-refractivity contribution in [1.29, 1.82) is 0 Å². The van der Waals surface area contributed by atoms with Crippen LogP contribution < -0.4 is 10.5 Å². The van der Waals surface area contributed by atoms with Gasteiger partial charge < -0.3 is 10.5 Å². The predicted octanol–water partition coefficient (Wildman–Crippen LogP) is 4.90. The van der Waals surface area contributed by atoms with Gasteiger partial charge in [-0.05, 0) is 74.1 Å². The Bertz CT molecular complexity index is 927. The highest BCUT2D eigenvalue weighted by Crippen LogP contribution is 2.46. The van der Waals surface area contributed by atoms with E-state index >= 15 is 0 Å². The number of nitrogens with two attached hydrogens (primary N) is 1. The molecule has 31 heavy (non-hydrogen) atoms. The summed E-state index contributed by atoms with van der Waals surface area (Å²) >= 11 is 4.62. The summed E-state index contributed by atoms with van der Waals surface area (Å²) in [5.41, 5.74) is 9.16. The molecule has 0 unspecified atom stereocenters. The minimum absolute atomic E-state index is 0.0170. The highest BCUT2D eigenvalue weighted by atomic mass is 32.1. The van der Waals surface area contributed by atoms with Gasteiger partial charge in [0.15, 0.2) is 5.78 Å². The molecule has 5 nitrogen and oxygen atoms in total. The zero-order chi connectivity index (χ0) is 22.4. The molecule has 1 aliphatic carbocycles. The summed E-state index contributed by atoms with van der Waals surface area (Å²) in [6, 6.07) is 9.77. The van der Waals surface area contributed by atoms with Crippen molar-refractivity contribution in [2.24, 2.45) is 16.6 Å². The van der Waals surface area contributed by atoms with Crippen molar-refractivity contribution in [2.75, 3.05) is 5.75 Å².